The first-order valence-corrected chi connectivity index (χ1v) is 10.7. The summed E-state index contributed by atoms with van der Waals surface area (Å²) in [6.45, 7) is 6.67. The Morgan fingerprint density at radius 2 is 1.88 bits per heavy atom. The summed E-state index contributed by atoms with van der Waals surface area (Å²) in [4.78, 5) is 35.7. The summed E-state index contributed by atoms with van der Waals surface area (Å²) in [5.74, 6) is 0.0434. The normalized spacial score (nSPS) is 13.4. The van der Waals surface area contributed by atoms with Crippen molar-refractivity contribution >= 4 is 24.0 Å². The molecular weight excluding hydrogens is 416 g/mol. The van der Waals surface area contributed by atoms with Crippen LogP contribution in [0.1, 0.15) is 39.2 Å². The van der Waals surface area contributed by atoms with Gasteiger partial charge >= 0.3 is 18.0 Å². The van der Waals surface area contributed by atoms with Crippen LogP contribution in [-0.2, 0) is 19.1 Å². The monoisotopic (exact) mass is 446 g/mol. The average Bonchev–Trinajstić information content (AvgIpc) is 2.78. The Kier molecular flexibility index (Phi) is 10.1. The molecule has 0 radical (unpaired) electrons. The Bertz CT molecular complexity index is 877. The summed E-state index contributed by atoms with van der Waals surface area (Å²) >= 11 is 0. The van der Waals surface area contributed by atoms with Gasteiger partial charge < -0.3 is 29.6 Å². The largest absolute Gasteiger partial charge is 0.490 e. The average molecular weight is 447 g/mol. The Balaban J connectivity index is 2.02. The van der Waals surface area contributed by atoms with Gasteiger partial charge in [-0.05, 0) is 44.0 Å². The molecule has 1 aliphatic rings. The number of hydrogen-bond donors (Lipinski definition) is 2. The van der Waals surface area contributed by atoms with E-state index in [0.717, 1.165) is 18.4 Å². The molecule has 0 fully saturated rings. The molecule has 0 spiro atoms. The van der Waals surface area contributed by atoms with Crippen molar-refractivity contribution in [3.05, 3.63) is 41.1 Å². The third-order valence-electron chi connectivity index (χ3n) is 4.37. The van der Waals surface area contributed by atoms with Crippen molar-refractivity contribution in [1.29, 1.82) is 0 Å². The van der Waals surface area contributed by atoms with Crippen LogP contribution in [0.15, 0.2) is 35.5 Å². The number of unbranched alkanes of at least 4 members (excludes halogenated alkanes) is 1. The van der Waals surface area contributed by atoms with Crippen LogP contribution < -0.4 is 20.1 Å². The van der Waals surface area contributed by atoms with E-state index in [-0.39, 0.29) is 31.0 Å². The maximum Gasteiger partial charge on any atom is 0.337 e. The Morgan fingerprint density at radius 1 is 1.06 bits per heavy atom. The molecule has 0 aliphatic carbocycles. The summed E-state index contributed by atoms with van der Waals surface area (Å²) in [6.07, 6.45) is 4.83. The van der Waals surface area contributed by atoms with Gasteiger partial charge in [-0.3, -0.25) is 0 Å². The molecule has 2 N–H and O–H groups in total. The van der Waals surface area contributed by atoms with Gasteiger partial charge in [-0.15, -0.1) is 0 Å². The zero-order valence-electron chi connectivity index (χ0n) is 18.7. The Morgan fingerprint density at radius 3 is 2.59 bits per heavy atom. The minimum absolute atomic E-state index is 0.000269. The lowest BCUT2D eigenvalue weighted by Gasteiger charge is -2.20. The lowest BCUT2D eigenvalue weighted by molar-refractivity contribution is -0.140. The predicted molar refractivity (Wildman–Crippen MR) is 118 cm³/mol. The van der Waals surface area contributed by atoms with Crippen LogP contribution in [0.3, 0.4) is 0 Å². The van der Waals surface area contributed by atoms with Crippen molar-refractivity contribution in [2.45, 2.75) is 33.6 Å². The van der Waals surface area contributed by atoms with Crippen LogP contribution in [0.4, 0.5) is 4.79 Å². The third-order valence-corrected chi connectivity index (χ3v) is 4.37. The van der Waals surface area contributed by atoms with E-state index in [4.69, 9.17) is 18.9 Å². The van der Waals surface area contributed by atoms with Crippen molar-refractivity contribution in [3.63, 3.8) is 0 Å². The zero-order chi connectivity index (χ0) is 23.3. The number of amides is 2. The van der Waals surface area contributed by atoms with Gasteiger partial charge in [0.25, 0.3) is 0 Å². The highest BCUT2D eigenvalue weighted by Crippen LogP contribution is 2.29. The number of nitrogens with one attached hydrogen (secondary N) is 2. The van der Waals surface area contributed by atoms with Crippen molar-refractivity contribution in [2.75, 3.05) is 33.0 Å². The highest BCUT2D eigenvalue weighted by atomic mass is 16.5. The molecule has 9 heteroatoms. The maximum atomic E-state index is 12.2. The van der Waals surface area contributed by atoms with Gasteiger partial charge in [0.1, 0.15) is 6.61 Å². The molecule has 2 rings (SSSR count). The summed E-state index contributed by atoms with van der Waals surface area (Å²) in [7, 11) is 0. The van der Waals surface area contributed by atoms with E-state index in [1.165, 1.54) is 6.08 Å². The van der Waals surface area contributed by atoms with E-state index in [2.05, 4.69) is 17.6 Å². The first-order chi connectivity index (χ1) is 15.5. The lowest BCUT2D eigenvalue weighted by atomic mass is 10.1. The Labute approximate surface area is 187 Å². The van der Waals surface area contributed by atoms with Crippen molar-refractivity contribution in [2.24, 2.45) is 0 Å². The Hall–Kier alpha value is -3.49. The van der Waals surface area contributed by atoms with Crippen LogP contribution in [0, 0.1) is 0 Å². The van der Waals surface area contributed by atoms with E-state index in [1.54, 1.807) is 25.1 Å². The molecule has 1 aliphatic heterocycles. The maximum absolute atomic E-state index is 12.2. The number of carbonyl (C=O) groups excluding carboxylic acids is 3. The second kappa shape index (κ2) is 13.0. The second-order valence-electron chi connectivity index (χ2n) is 6.77. The predicted octanol–water partition coefficient (Wildman–Crippen LogP) is 2.95. The molecule has 1 aromatic carbocycles. The molecular formula is C23H30N2O7. The zero-order valence-corrected chi connectivity index (χ0v) is 18.7. The molecule has 174 valence electrons. The molecule has 0 bridgehead atoms. The number of benzene rings is 1. The van der Waals surface area contributed by atoms with E-state index in [1.807, 2.05) is 13.0 Å². The quantitative estimate of drug-likeness (QED) is 0.288. The molecule has 0 saturated carbocycles. The summed E-state index contributed by atoms with van der Waals surface area (Å²) in [5.41, 5.74) is 1.14. The van der Waals surface area contributed by atoms with E-state index < -0.39 is 18.0 Å². The number of urea groups is 1. The number of ether oxygens (including phenoxy) is 4. The highest BCUT2D eigenvalue weighted by molar-refractivity contribution is 5.94. The third kappa shape index (κ3) is 7.64. The fourth-order valence-corrected chi connectivity index (χ4v) is 2.77. The lowest BCUT2D eigenvalue weighted by Crippen LogP contribution is -2.45. The van der Waals surface area contributed by atoms with Gasteiger partial charge in [0.05, 0.1) is 37.6 Å². The molecule has 9 nitrogen and oxygen atoms in total. The topological polar surface area (TPSA) is 112 Å². The minimum Gasteiger partial charge on any atom is -0.490 e. The van der Waals surface area contributed by atoms with Gasteiger partial charge in [0.2, 0.25) is 0 Å². The molecule has 1 aromatic rings. The molecule has 32 heavy (non-hydrogen) atoms. The minimum atomic E-state index is -0.630. The number of esters is 2. The van der Waals surface area contributed by atoms with E-state index in [0.29, 0.717) is 24.7 Å². The van der Waals surface area contributed by atoms with E-state index in [9.17, 15) is 14.4 Å². The van der Waals surface area contributed by atoms with Crippen LogP contribution in [0.5, 0.6) is 11.5 Å². The van der Waals surface area contributed by atoms with Crippen LogP contribution in [0.25, 0.3) is 6.08 Å². The molecule has 0 atom stereocenters. The molecule has 0 saturated heterocycles. The first kappa shape index (κ1) is 24.8. The highest BCUT2D eigenvalue weighted by Gasteiger charge is 2.24. The second-order valence-corrected chi connectivity index (χ2v) is 6.77. The number of carbonyl (C=O) groups is 3. The molecule has 2 amide bonds. The first-order valence-electron chi connectivity index (χ1n) is 10.7. The van der Waals surface area contributed by atoms with Crippen LogP contribution in [0.2, 0.25) is 0 Å². The number of rotatable bonds is 12. The summed E-state index contributed by atoms with van der Waals surface area (Å²) in [6, 6.07) is 4.90. The van der Waals surface area contributed by atoms with Crippen molar-refractivity contribution < 1.29 is 33.3 Å². The number of hydrogen-bond acceptors (Lipinski definition) is 7. The fourth-order valence-electron chi connectivity index (χ4n) is 2.77. The van der Waals surface area contributed by atoms with Crippen molar-refractivity contribution in [1.82, 2.24) is 10.6 Å². The summed E-state index contributed by atoms with van der Waals surface area (Å²) in [5, 5.41) is 4.97. The fraction of sp³-hybridized carbons (Fsp3) is 0.435. The van der Waals surface area contributed by atoms with Gasteiger partial charge in [-0.2, -0.15) is 0 Å². The molecule has 0 aromatic heterocycles. The van der Waals surface area contributed by atoms with Crippen LogP contribution in [-0.4, -0.2) is 50.9 Å². The smallest absolute Gasteiger partial charge is 0.337 e. The van der Waals surface area contributed by atoms with Gasteiger partial charge in [0, 0.05) is 6.08 Å². The van der Waals surface area contributed by atoms with Crippen LogP contribution >= 0.6 is 0 Å². The SMILES string of the molecule is CCCCOc1ccc(/C=C/C(=O)OCC2=C(C(=O)OCC)CNC(=O)N2)cc1OCC. The molecule has 1 heterocycles. The van der Waals surface area contributed by atoms with Gasteiger partial charge in [0.15, 0.2) is 11.5 Å². The van der Waals surface area contributed by atoms with E-state index >= 15 is 0 Å². The van der Waals surface area contributed by atoms with Gasteiger partial charge in [-0.1, -0.05) is 19.4 Å². The van der Waals surface area contributed by atoms with Crippen molar-refractivity contribution in [3.8, 4) is 11.5 Å². The standard InChI is InChI=1S/C23H30N2O7/c1-4-7-12-31-19-10-8-16(13-20(19)29-5-2)9-11-21(26)32-15-18-17(22(27)30-6-3)14-24-23(28)25-18/h8-11,13H,4-7,12,14-15H2,1-3H3,(H2,24,25,28)/b11-9+. The summed E-state index contributed by atoms with van der Waals surface area (Å²) < 4.78 is 21.5. The van der Waals surface area contributed by atoms with Gasteiger partial charge in [-0.25, -0.2) is 14.4 Å². The molecule has 0 unspecified atom stereocenters.